The third-order valence-corrected chi connectivity index (χ3v) is 7.86. The van der Waals surface area contributed by atoms with E-state index in [9.17, 15) is 0 Å². The first-order valence-corrected chi connectivity index (χ1v) is 13.6. The summed E-state index contributed by atoms with van der Waals surface area (Å²) in [4.78, 5) is 9.99. The summed E-state index contributed by atoms with van der Waals surface area (Å²) < 4.78 is 0. The Labute approximate surface area is 232 Å². The van der Waals surface area contributed by atoms with Crippen molar-refractivity contribution in [3.05, 3.63) is 146 Å². The molecule has 0 bridgehead atoms. The van der Waals surface area contributed by atoms with Gasteiger partial charge in [-0.1, -0.05) is 121 Å². The van der Waals surface area contributed by atoms with Crippen molar-refractivity contribution in [2.75, 3.05) is 0 Å². The molecule has 0 atom stereocenters. The van der Waals surface area contributed by atoms with E-state index < -0.39 is 0 Å². The second kappa shape index (κ2) is 9.14. The van der Waals surface area contributed by atoms with Crippen molar-refractivity contribution in [1.29, 1.82) is 0 Å². The molecular weight excluding hydrogens is 484 g/mol. The van der Waals surface area contributed by atoms with Crippen LogP contribution in [0.1, 0.15) is 0 Å². The van der Waals surface area contributed by atoms with E-state index in [2.05, 4.69) is 146 Å². The lowest BCUT2D eigenvalue weighted by atomic mass is 9.85. The highest BCUT2D eigenvalue weighted by molar-refractivity contribution is 6.15. The van der Waals surface area contributed by atoms with E-state index in [4.69, 9.17) is 9.97 Å². The fraction of sp³-hybridized carbons (Fsp3) is 0. The molecule has 186 valence electrons. The number of rotatable bonds is 3. The Balaban J connectivity index is 1.49. The van der Waals surface area contributed by atoms with Gasteiger partial charge in [0.25, 0.3) is 0 Å². The first-order chi connectivity index (χ1) is 19.9. The van der Waals surface area contributed by atoms with Crippen LogP contribution in [-0.4, -0.2) is 9.97 Å². The average Bonchev–Trinajstić information content (AvgIpc) is 3.02. The van der Waals surface area contributed by atoms with E-state index in [0.717, 1.165) is 43.6 Å². The van der Waals surface area contributed by atoms with Gasteiger partial charge < -0.3 is 0 Å². The molecule has 0 saturated carbocycles. The Hall–Kier alpha value is -5.34. The van der Waals surface area contributed by atoms with Gasteiger partial charge >= 0.3 is 0 Å². The molecule has 2 heteroatoms. The molecule has 0 radical (unpaired) electrons. The van der Waals surface area contributed by atoms with Gasteiger partial charge in [0.2, 0.25) is 0 Å². The molecule has 8 aromatic rings. The highest BCUT2D eigenvalue weighted by Gasteiger charge is 2.19. The number of aromatic nitrogens is 2. The number of benzene rings is 6. The molecule has 40 heavy (non-hydrogen) atoms. The summed E-state index contributed by atoms with van der Waals surface area (Å²) in [6.07, 6.45) is 0. The summed E-state index contributed by atoms with van der Waals surface area (Å²) in [5.41, 5.74) is 11.3. The lowest BCUT2D eigenvalue weighted by Crippen LogP contribution is -1.94. The summed E-state index contributed by atoms with van der Waals surface area (Å²) in [6, 6.07) is 51.5. The lowest BCUT2D eigenvalue weighted by Gasteiger charge is -2.19. The van der Waals surface area contributed by atoms with E-state index >= 15 is 0 Å². The second-order valence-corrected chi connectivity index (χ2v) is 10.1. The van der Waals surface area contributed by atoms with Crippen molar-refractivity contribution in [2.45, 2.75) is 0 Å². The lowest BCUT2D eigenvalue weighted by molar-refractivity contribution is 1.49. The maximum absolute atomic E-state index is 4.99. The van der Waals surface area contributed by atoms with Gasteiger partial charge in [0.1, 0.15) is 0 Å². The van der Waals surface area contributed by atoms with Gasteiger partial charge in [0.05, 0.1) is 22.1 Å². The van der Waals surface area contributed by atoms with Crippen LogP contribution in [0.15, 0.2) is 146 Å². The third-order valence-electron chi connectivity index (χ3n) is 7.86. The maximum atomic E-state index is 4.99. The largest absolute Gasteiger partial charge is 0.248 e. The smallest absolute Gasteiger partial charge is 0.0715 e. The van der Waals surface area contributed by atoms with Crippen molar-refractivity contribution >= 4 is 43.6 Å². The van der Waals surface area contributed by atoms with Gasteiger partial charge in [-0.3, -0.25) is 0 Å². The highest BCUT2D eigenvalue weighted by atomic mass is 14.7. The number of fused-ring (bicyclic) bond motifs is 4. The highest BCUT2D eigenvalue weighted by Crippen LogP contribution is 2.45. The maximum Gasteiger partial charge on any atom is 0.0715 e. The number of nitrogens with zero attached hydrogens (tertiary/aromatic N) is 2. The van der Waals surface area contributed by atoms with Gasteiger partial charge in [0.15, 0.2) is 0 Å². The fourth-order valence-electron chi connectivity index (χ4n) is 6.13. The summed E-state index contributed by atoms with van der Waals surface area (Å²) in [5.74, 6) is 0. The molecular formula is C38H24N2. The molecule has 0 spiro atoms. The topological polar surface area (TPSA) is 25.8 Å². The van der Waals surface area contributed by atoms with E-state index in [1.165, 1.54) is 33.4 Å². The normalized spacial score (nSPS) is 11.5. The summed E-state index contributed by atoms with van der Waals surface area (Å²) in [5, 5.41) is 4.63. The molecule has 0 aliphatic carbocycles. The fourth-order valence-corrected chi connectivity index (χ4v) is 6.13. The average molecular weight is 509 g/mol. The van der Waals surface area contributed by atoms with Crippen molar-refractivity contribution in [2.24, 2.45) is 0 Å². The van der Waals surface area contributed by atoms with Crippen LogP contribution in [0.3, 0.4) is 0 Å². The quantitative estimate of drug-likeness (QED) is 0.222. The zero-order chi connectivity index (χ0) is 26.5. The molecule has 0 N–H and O–H groups in total. The summed E-state index contributed by atoms with van der Waals surface area (Å²) in [6.45, 7) is 0. The van der Waals surface area contributed by atoms with Crippen LogP contribution in [0.5, 0.6) is 0 Å². The molecule has 0 aliphatic rings. The van der Waals surface area contributed by atoms with Crippen molar-refractivity contribution < 1.29 is 0 Å². The molecule has 0 amide bonds. The minimum Gasteiger partial charge on any atom is -0.248 e. The van der Waals surface area contributed by atoms with Gasteiger partial charge in [-0.2, -0.15) is 0 Å². The van der Waals surface area contributed by atoms with E-state index in [1.807, 2.05) is 0 Å². The third kappa shape index (κ3) is 3.50. The Morgan fingerprint density at radius 3 is 0.825 bits per heavy atom. The van der Waals surface area contributed by atoms with Crippen molar-refractivity contribution in [3.8, 4) is 33.4 Å². The van der Waals surface area contributed by atoms with Gasteiger partial charge in [-0.05, 0) is 46.5 Å². The molecule has 6 aromatic carbocycles. The van der Waals surface area contributed by atoms with Crippen LogP contribution >= 0.6 is 0 Å². The summed E-state index contributed by atoms with van der Waals surface area (Å²) in [7, 11) is 0. The first kappa shape index (κ1) is 22.6. The Bertz CT molecular complexity index is 1960. The van der Waals surface area contributed by atoms with Gasteiger partial charge in [0, 0.05) is 32.7 Å². The minimum atomic E-state index is 1.01. The zero-order valence-corrected chi connectivity index (χ0v) is 21.8. The number of para-hydroxylation sites is 4. The van der Waals surface area contributed by atoms with Crippen LogP contribution in [0, 0.1) is 0 Å². The molecule has 2 heterocycles. The van der Waals surface area contributed by atoms with Gasteiger partial charge in [-0.15, -0.1) is 0 Å². The zero-order valence-electron chi connectivity index (χ0n) is 21.8. The SMILES string of the molecule is c1ccc(-c2c3ccccc3nc3ccccc23)c(-c2ccccc2-c2c3ccccc3nc3ccccc23)c1. The van der Waals surface area contributed by atoms with E-state index in [0.29, 0.717) is 0 Å². The van der Waals surface area contributed by atoms with Crippen LogP contribution in [0.25, 0.3) is 77.0 Å². The number of pyridine rings is 2. The van der Waals surface area contributed by atoms with Crippen LogP contribution in [0.4, 0.5) is 0 Å². The minimum absolute atomic E-state index is 1.01. The van der Waals surface area contributed by atoms with Crippen LogP contribution < -0.4 is 0 Å². The first-order valence-electron chi connectivity index (χ1n) is 13.6. The Kier molecular flexibility index (Phi) is 5.17. The van der Waals surface area contributed by atoms with E-state index in [1.54, 1.807) is 0 Å². The van der Waals surface area contributed by atoms with E-state index in [-0.39, 0.29) is 0 Å². The molecule has 2 aromatic heterocycles. The predicted octanol–water partition coefficient (Wildman–Crippen LogP) is 10.1. The van der Waals surface area contributed by atoms with Crippen LogP contribution in [0.2, 0.25) is 0 Å². The van der Waals surface area contributed by atoms with Gasteiger partial charge in [-0.25, -0.2) is 9.97 Å². The molecule has 0 unspecified atom stereocenters. The molecule has 2 nitrogen and oxygen atoms in total. The molecule has 8 rings (SSSR count). The summed E-state index contributed by atoms with van der Waals surface area (Å²) >= 11 is 0. The molecule has 0 fully saturated rings. The van der Waals surface area contributed by atoms with Crippen molar-refractivity contribution in [1.82, 2.24) is 9.97 Å². The second-order valence-electron chi connectivity index (χ2n) is 10.1. The Morgan fingerprint density at radius 2 is 0.500 bits per heavy atom. The molecule has 0 aliphatic heterocycles. The van der Waals surface area contributed by atoms with Crippen LogP contribution in [-0.2, 0) is 0 Å². The monoisotopic (exact) mass is 508 g/mol. The Morgan fingerprint density at radius 1 is 0.250 bits per heavy atom. The molecule has 0 saturated heterocycles. The van der Waals surface area contributed by atoms with Crippen molar-refractivity contribution in [3.63, 3.8) is 0 Å². The number of hydrogen-bond acceptors (Lipinski definition) is 2. The predicted molar refractivity (Wildman–Crippen MR) is 168 cm³/mol. The standard InChI is InChI=1S/C38H24N2/c1-3-15-27(37-29-17-5-9-21-33(29)39-34-22-10-6-18-30(34)37)25(13-1)26-14-2-4-16-28(26)38-31-19-7-11-23-35(31)40-36-24-12-8-20-32(36)38/h1-24H. The number of hydrogen-bond donors (Lipinski definition) is 0.